The average Bonchev–Trinajstić information content (AvgIpc) is 2.91. The molecule has 5 rings (SSSR count). The molecule has 6 nitrogen and oxygen atoms in total. The minimum atomic E-state index is -4.43. The van der Waals surface area contributed by atoms with Gasteiger partial charge < -0.3 is 24.6 Å². The zero-order chi connectivity index (χ0) is 25.3. The fourth-order valence-electron chi connectivity index (χ4n) is 5.89. The number of alkyl halides is 3. The summed E-state index contributed by atoms with van der Waals surface area (Å²) >= 11 is 0. The molecule has 3 aliphatic heterocycles. The Balaban J connectivity index is 1.30. The maximum Gasteiger partial charge on any atom is 0.416 e. The van der Waals surface area contributed by atoms with E-state index in [9.17, 15) is 18.0 Å². The first kappa shape index (κ1) is 25.1. The Bertz CT molecular complexity index is 1000. The van der Waals surface area contributed by atoms with E-state index < -0.39 is 17.8 Å². The molecule has 2 fully saturated rings. The first-order chi connectivity index (χ1) is 17.3. The van der Waals surface area contributed by atoms with Crippen molar-refractivity contribution in [3.63, 3.8) is 0 Å². The maximum absolute atomic E-state index is 13.5. The highest BCUT2D eigenvalue weighted by Gasteiger charge is 2.45. The van der Waals surface area contributed by atoms with Crippen LogP contribution in [0.4, 0.5) is 23.7 Å². The summed E-state index contributed by atoms with van der Waals surface area (Å²) in [7, 11) is 0. The van der Waals surface area contributed by atoms with Crippen molar-refractivity contribution in [1.29, 1.82) is 0 Å². The quantitative estimate of drug-likeness (QED) is 0.607. The van der Waals surface area contributed by atoms with Crippen LogP contribution in [0.2, 0.25) is 0 Å². The van der Waals surface area contributed by atoms with Crippen molar-refractivity contribution >= 4 is 11.8 Å². The van der Waals surface area contributed by atoms with Crippen LogP contribution in [0.1, 0.15) is 43.4 Å². The molecule has 2 saturated heterocycles. The van der Waals surface area contributed by atoms with Crippen LogP contribution >= 0.6 is 0 Å². The largest absolute Gasteiger partial charge is 0.447 e. The van der Waals surface area contributed by atoms with Crippen LogP contribution in [-0.4, -0.2) is 67.4 Å². The van der Waals surface area contributed by atoms with Crippen LogP contribution in [0.5, 0.6) is 0 Å². The second-order valence-electron chi connectivity index (χ2n) is 10.1. The zero-order valence-corrected chi connectivity index (χ0v) is 20.5. The molecule has 1 aromatic carbocycles. The van der Waals surface area contributed by atoms with E-state index in [1.807, 2.05) is 12.2 Å². The van der Waals surface area contributed by atoms with Crippen molar-refractivity contribution < 1.29 is 27.4 Å². The summed E-state index contributed by atoms with van der Waals surface area (Å²) in [5.74, 6) is 0.258. The Labute approximate surface area is 210 Å². The molecule has 0 spiro atoms. The summed E-state index contributed by atoms with van der Waals surface area (Å²) < 4.78 is 52.6. The topological polar surface area (TPSA) is 54.0 Å². The van der Waals surface area contributed by atoms with E-state index >= 15 is 0 Å². The van der Waals surface area contributed by atoms with Gasteiger partial charge in [0, 0.05) is 55.3 Å². The van der Waals surface area contributed by atoms with Gasteiger partial charge in [0.15, 0.2) is 0 Å². The number of nitrogens with one attached hydrogen (secondary N) is 1. The number of carbonyl (C=O) groups excluding carboxylic acids is 1. The Morgan fingerprint density at radius 3 is 2.67 bits per heavy atom. The van der Waals surface area contributed by atoms with Crippen LogP contribution in [0.15, 0.2) is 42.5 Å². The van der Waals surface area contributed by atoms with Crippen LogP contribution in [0, 0.1) is 11.8 Å². The number of hydrogen-bond donors (Lipinski definition) is 1. The summed E-state index contributed by atoms with van der Waals surface area (Å²) in [5.41, 5.74) is 0.542. The van der Waals surface area contributed by atoms with E-state index in [0.717, 1.165) is 38.5 Å². The normalized spacial score (nSPS) is 30.3. The van der Waals surface area contributed by atoms with Crippen molar-refractivity contribution in [2.24, 2.45) is 11.8 Å². The van der Waals surface area contributed by atoms with Crippen LogP contribution < -0.4 is 5.32 Å². The molecule has 1 aliphatic carbocycles. The van der Waals surface area contributed by atoms with Gasteiger partial charge in [-0.15, -0.1) is 0 Å². The molecule has 4 aliphatic rings. The summed E-state index contributed by atoms with van der Waals surface area (Å²) in [4.78, 5) is 16.6. The fourth-order valence-corrected chi connectivity index (χ4v) is 5.89. The highest BCUT2D eigenvalue weighted by atomic mass is 19.4. The SMILES string of the molecule is CCN1CCN(C(=O)OC[C@H]2CC[C@@H]3[C@H](O2)c2cc(C(F)(F)F)ccc2N[C@H]3C2C=CC=CC2)CC1. The summed E-state index contributed by atoms with van der Waals surface area (Å²) in [5, 5.41) is 3.53. The molecule has 1 unspecified atom stereocenters. The third-order valence-electron chi connectivity index (χ3n) is 7.96. The lowest BCUT2D eigenvalue weighted by atomic mass is 9.73. The van der Waals surface area contributed by atoms with Gasteiger partial charge in [-0.25, -0.2) is 4.79 Å². The molecule has 36 heavy (non-hydrogen) atoms. The van der Waals surface area contributed by atoms with Crippen molar-refractivity contribution in [2.75, 3.05) is 44.6 Å². The second-order valence-corrected chi connectivity index (χ2v) is 10.1. The highest BCUT2D eigenvalue weighted by Crippen LogP contribution is 2.49. The lowest BCUT2D eigenvalue weighted by molar-refractivity contribution is -0.138. The average molecular weight is 506 g/mol. The molecule has 3 heterocycles. The molecular weight excluding hydrogens is 471 g/mol. The number of likely N-dealkylation sites (N-methyl/N-ethyl adjacent to an activating group) is 1. The first-order valence-electron chi connectivity index (χ1n) is 12.9. The minimum absolute atomic E-state index is 0.0243. The molecule has 1 aromatic rings. The van der Waals surface area contributed by atoms with E-state index in [2.05, 4.69) is 29.3 Å². The van der Waals surface area contributed by atoms with E-state index in [-0.39, 0.29) is 36.7 Å². The molecule has 0 aromatic heterocycles. The fraction of sp³-hybridized carbons (Fsp3) is 0.593. The molecule has 0 radical (unpaired) electrons. The van der Waals surface area contributed by atoms with E-state index in [4.69, 9.17) is 9.47 Å². The molecule has 0 bridgehead atoms. The lowest BCUT2D eigenvalue weighted by Crippen LogP contribution is -2.49. The van der Waals surface area contributed by atoms with Gasteiger partial charge in [0.25, 0.3) is 0 Å². The lowest BCUT2D eigenvalue weighted by Gasteiger charge is -2.47. The monoisotopic (exact) mass is 505 g/mol. The number of rotatable bonds is 4. The van der Waals surface area contributed by atoms with Gasteiger partial charge in [0.05, 0.1) is 17.8 Å². The van der Waals surface area contributed by atoms with Gasteiger partial charge in [-0.05, 0) is 44.0 Å². The van der Waals surface area contributed by atoms with E-state index in [1.165, 1.54) is 12.1 Å². The third-order valence-corrected chi connectivity index (χ3v) is 7.96. The molecule has 5 atom stereocenters. The van der Waals surface area contributed by atoms with Gasteiger partial charge in [0.1, 0.15) is 6.61 Å². The number of piperazine rings is 1. The Kier molecular flexibility index (Phi) is 7.30. The van der Waals surface area contributed by atoms with Crippen molar-refractivity contribution in [3.8, 4) is 0 Å². The van der Waals surface area contributed by atoms with Crippen LogP contribution in [-0.2, 0) is 15.7 Å². The third kappa shape index (κ3) is 5.27. The number of hydrogen-bond acceptors (Lipinski definition) is 5. The standard InChI is InChI=1S/C27H34F3N3O3/c1-2-32-12-14-33(15-13-32)26(34)35-17-20-9-10-21-24(18-6-4-3-5-7-18)31-23-11-8-19(27(28,29)30)16-22(23)25(21)36-20/h3-6,8,11,16,18,20-21,24-25,31H,2,7,9-10,12-15,17H2,1H3/t18?,20-,21+,24+,25+/m1/s1. The number of allylic oxidation sites excluding steroid dienone is 3. The maximum atomic E-state index is 13.5. The number of carbonyl (C=O) groups is 1. The minimum Gasteiger partial charge on any atom is -0.447 e. The van der Waals surface area contributed by atoms with Gasteiger partial charge in [-0.2, -0.15) is 13.2 Å². The van der Waals surface area contributed by atoms with E-state index in [0.29, 0.717) is 30.8 Å². The van der Waals surface area contributed by atoms with Crippen molar-refractivity contribution in [1.82, 2.24) is 9.80 Å². The first-order valence-corrected chi connectivity index (χ1v) is 12.9. The number of nitrogens with zero attached hydrogens (tertiary/aromatic N) is 2. The van der Waals surface area contributed by atoms with Crippen LogP contribution in [0.3, 0.4) is 0 Å². The molecule has 196 valence electrons. The van der Waals surface area contributed by atoms with Crippen molar-refractivity contribution in [2.45, 2.75) is 50.6 Å². The molecule has 9 heteroatoms. The van der Waals surface area contributed by atoms with Crippen LogP contribution in [0.25, 0.3) is 0 Å². The van der Waals surface area contributed by atoms with E-state index in [1.54, 1.807) is 4.90 Å². The molecule has 1 N–H and O–H groups in total. The number of anilines is 1. The number of fused-ring (bicyclic) bond motifs is 3. The molecule has 0 saturated carbocycles. The molecule has 1 amide bonds. The molecular formula is C27H34F3N3O3. The van der Waals surface area contributed by atoms with Gasteiger partial charge in [-0.1, -0.05) is 31.2 Å². The predicted octanol–water partition coefficient (Wildman–Crippen LogP) is 5.24. The Hall–Kier alpha value is -2.52. The smallest absolute Gasteiger partial charge is 0.416 e. The number of amides is 1. The summed E-state index contributed by atoms with van der Waals surface area (Å²) in [6, 6.07) is 3.92. The van der Waals surface area contributed by atoms with Gasteiger partial charge in [0.2, 0.25) is 0 Å². The second kappa shape index (κ2) is 10.5. The number of halogens is 3. The van der Waals surface area contributed by atoms with Gasteiger partial charge >= 0.3 is 12.3 Å². The van der Waals surface area contributed by atoms with Crippen molar-refractivity contribution in [3.05, 3.63) is 53.6 Å². The number of benzene rings is 1. The Morgan fingerprint density at radius 2 is 1.97 bits per heavy atom. The summed E-state index contributed by atoms with van der Waals surface area (Å²) in [6.45, 7) is 6.08. The number of ether oxygens (including phenoxy) is 2. The van der Waals surface area contributed by atoms with Gasteiger partial charge in [-0.3, -0.25) is 0 Å². The zero-order valence-electron chi connectivity index (χ0n) is 20.5. The highest BCUT2D eigenvalue weighted by molar-refractivity contribution is 5.67. The predicted molar refractivity (Wildman–Crippen MR) is 131 cm³/mol. The Morgan fingerprint density at radius 1 is 1.17 bits per heavy atom. The summed E-state index contributed by atoms with van der Waals surface area (Å²) in [6.07, 6.45) is 5.06.